The van der Waals surface area contributed by atoms with Crippen molar-refractivity contribution >= 4 is 257 Å². The molecular weight excluding hydrogens is 786 g/mol. The van der Waals surface area contributed by atoms with Gasteiger partial charge in [0.2, 0.25) is 0 Å². The molecule has 3 heterocycles. The Balaban J connectivity index is 1.26. The Morgan fingerprint density at radius 3 is 1.32 bits per heavy atom. The summed E-state index contributed by atoms with van der Waals surface area (Å²) in [5.74, 6) is 2.01. The molecule has 66 heavy (non-hydrogen) atoms. The van der Waals surface area contributed by atoms with Crippen LogP contribution in [0.15, 0.2) is 77.2 Å². The standard InChI is InChI=1S/C45H44B16N4O/c46-19-11-21(48)40-24(28(19)50)25-29(51)20(47)12-22(49)41(25)65(40)15-9-17(13-4-2-1-3-5-13)42-18(10-15)16-7-6-14(8-23(16)66-42)43-62-44(26-30(52)34(56)38(60)35(57)31(26)53)64-45(63-43)27-32(54)36(58)39(61)37(59)33(27)55/h1-12H,46-61H2. The summed E-state index contributed by atoms with van der Waals surface area (Å²) in [6.07, 6.45) is 0. The predicted molar refractivity (Wildman–Crippen MR) is 334 cm³/mol. The van der Waals surface area contributed by atoms with Crippen LogP contribution in [0, 0.1) is 0 Å². The molecule has 0 saturated heterocycles. The number of fused-ring (bicyclic) bond motifs is 6. The Morgan fingerprint density at radius 1 is 0.379 bits per heavy atom. The van der Waals surface area contributed by atoms with Crippen molar-refractivity contribution in [2.45, 2.75) is 0 Å². The molecule has 10 aromatic rings. The van der Waals surface area contributed by atoms with Gasteiger partial charge in [-0.25, -0.2) is 15.0 Å². The summed E-state index contributed by atoms with van der Waals surface area (Å²) in [6.45, 7) is 0. The summed E-state index contributed by atoms with van der Waals surface area (Å²) in [4.78, 5) is 16.1. The maximum atomic E-state index is 7.08. The first-order valence-electron chi connectivity index (χ1n) is 23.4. The lowest BCUT2D eigenvalue weighted by molar-refractivity contribution is 0.670. The largest absolute Gasteiger partial charge is 0.455 e. The van der Waals surface area contributed by atoms with Crippen LogP contribution in [0.25, 0.3) is 94.7 Å². The van der Waals surface area contributed by atoms with Gasteiger partial charge < -0.3 is 8.98 Å². The topological polar surface area (TPSA) is 56.7 Å². The third kappa shape index (κ3) is 6.49. The molecule has 7 aromatic carbocycles. The first-order valence-corrected chi connectivity index (χ1v) is 23.4. The van der Waals surface area contributed by atoms with E-state index < -0.39 is 0 Å². The Morgan fingerprint density at radius 2 is 0.833 bits per heavy atom. The summed E-state index contributed by atoms with van der Waals surface area (Å²) in [6, 6.07) is 26.5. The molecule has 10 rings (SSSR count). The van der Waals surface area contributed by atoms with Crippen LogP contribution in [0.2, 0.25) is 0 Å². The average molecular weight is 830 g/mol. The smallest absolute Gasteiger partial charge is 0.164 e. The van der Waals surface area contributed by atoms with Crippen molar-refractivity contribution in [3.05, 3.63) is 72.8 Å². The minimum atomic E-state index is 0.623. The van der Waals surface area contributed by atoms with Crippen molar-refractivity contribution in [1.82, 2.24) is 19.5 Å². The van der Waals surface area contributed by atoms with Crippen molar-refractivity contribution in [3.63, 3.8) is 0 Å². The number of benzene rings is 7. The van der Waals surface area contributed by atoms with Crippen LogP contribution in [0.5, 0.6) is 0 Å². The Bertz CT molecular complexity index is 3580. The van der Waals surface area contributed by atoms with Crippen LogP contribution in [0.3, 0.4) is 0 Å². The number of furan rings is 1. The van der Waals surface area contributed by atoms with E-state index in [4.69, 9.17) is 19.4 Å². The van der Waals surface area contributed by atoms with Gasteiger partial charge in [-0.15, -0.1) is 32.8 Å². The molecule has 298 valence electrons. The van der Waals surface area contributed by atoms with Gasteiger partial charge in [-0.3, -0.25) is 0 Å². The maximum absolute atomic E-state index is 7.08. The molecule has 0 amide bonds. The third-order valence-corrected chi connectivity index (χ3v) is 16.0. The second-order valence-electron chi connectivity index (χ2n) is 19.4. The monoisotopic (exact) mass is 833 g/mol. The molecule has 0 saturated carbocycles. The lowest BCUT2D eigenvalue weighted by atomic mass is 9.60. The Hall–Kier alpha value is -5.81. The molecule has 0 N–H and O–H groups in total. The highest BCUT2D eigenvalue weighted by molar-refractivity contribution is 6.70. The summed E-state index contributed by atoms with van der Waals surface area (Å²) in [5, 5.41) is 4.79. The molecule has 0 radical (unpaired) electrons. The zero-order valence-corrected chi connectivity index (χ0v) is 41.6. The zero-order chi connectivity index (χ0) is 46.9. The van der Waals surface area contributed by atoms with Crippen LogP contribution in [-0.4, -0.2) is 145 Å². The van der Waals surface area contributed by atoms with Gasteiger partial charge in [0.1, 0.15) is 137 Å². The number of hydrogen-bond donors (Lipinski definition) is 0. The van der Waals surface area contributed by atoms with Crippen LogP contribution >= 0.6 is 0 Å². The van der Waals surface area contributed by atoms with E-state index in [0.29, 0.717) is 17.5 Å². The van der Waals surface area contributed by atoms with E-state index in [0.717, 1.165) is 55.4 Å². The molecule has 0 aliphatic rings. The fourth-order valence-corrected chi connectivity index (χ4v) is 11.1. The predicted octanol–water partition coefficient (Wildman–Crippen LogP) is -16.3. The van der Waals surface area contributed by atoms with Gasteiger partial charge in [0.25, 0.3) is 0 Å². The molecule has 21 heteroatoms. The zero-order valence-electron chi connectivity index (χ0n) is 41.6. The van der Waals surface area contributed by atoms with E-state index in [1.165, 1.54) is 109 Å². The van der Waals surface area contributed by atoms with E-state index in [2.05, 4.69) is 203 Å². The van der Waals surface area contributed by atoms with Gasteiger partial charge >= 0.3 is 0 Å². The van der Waals surface area contributed by atoms with Gasteiger partial charge in [-0.2, -0.15) is 0 Å². The van der Waals surface area contributed by atoms with Crippen molar-refractivity contribution in [2.75, 3.05) is 0 Å². The fraction of sp³-hybridized carbons (Fsp3) is 0. The van der Waals surface area contributed by atoms with Crippen molar-refractivity contribution in [1.29, 1.82) is 0 Å². The molecule has 5 nitrogen and oxygen atoms in total. The normalized spacial score (nSPS) is 11.7. The van der Waals surface area contributed by atoms with Gasteiger partial charge in [-0.05, 0) is 40.6 Å². The lowest BCUT2D eigenvalue weighted by Gasteiger charge is -2.22. The van der Waals surface area contributed by atoms with E-state index in [1.54, 1.807) is 0 Å². The maximum Gasteiger partial charge on any atom is 0.164 e. The molecule has 0 unspecified atom stereocenters. The highest BCUT2D eigenvalue weighted by atomic mass is 16.3. The second kappa shape index (κ2) is 15.9. The minimum Gasteiger partial charge on any atom is -0.455 e. The minimum absolute atomic E-state index is 0.623. The summed E-state index contributed by atoms with van der Waals surface area (Å²) in [5.41, 5.74) is 30.8. The van der Waals surface area contributed by atoms with E-state index in [9.17, 15) is 0 Å². The SMILES string of the molecule is Bc1cc(B)c2c(c1B)c1c(B)c(B)cc(B)c1n2-c1cc(-c2ccccc2)c2oc3cc(-c4nc(-c5c(B)c(B)c(B)c(B)c5B)nc(-c5c(B)c(B)c(B)c(B)c5B)n4)ccc3c2c1. The van der Waals surface area contributed by atoms with Gasteiger partial charge in [0.05, 0.1) is 0 Å². The quantitative estimate of drug-likeness (QED) is 0.162. The highest BCUT2D eigenvalue weighted by Crippen LogP contribution is 2.40. The fourth-order valence-electron chi connectivity index (χ4n) is 11.1. The first kappa shape index (κ1) is 44.0. The van der Waals surface area contributed by atoms with Crippen LogP contribution in [-0.2, 0) is 0 Å². The summed E-state index contributed by atoms with van der Waals surface area (Å²) < 4.78 is 9.61. The Labute approximate surface area is 402 Å². The molecule has 0 fully saturated rings. The first-order chi connectivity index (χ1) is 31.4. The molecular formula is C45H44B16N4O. The molecule has 0 aliphatic carbocycles. The van der Waals surface area contributed by atoms with E-state index in [1.807, 2.05) is 0 Å². The van der Waals surface area contributed by atoms with Gasteiger partial charge in [0.15, 0.2) is 17.5 Å². The molecule has 3 aromatic heterocycles. The lowest BCUT2D eigenvalue weighted by Crippen LogP contribution is -2.55. The van der Waals surface area contributed by atoms with Gasteiger partial charge in [0, 0.05) is 49.7 Å². The third-order valence-electron chi connectivity index (χ3n) is 16.0. The molecule has 0 spiro atoms. The van der Waals surface area contributed by atoms with Crippen LogP contribution < -0.4 is 87.4 Å². The van der Waals surface area contributed by atoms with E-state index >= 15 is 0 Å². The molecule has 0 aliphatic heterocycles. The summed E-state index contributed by atoms with van der Waals surface area (Å²) in [7, 11) is 35.7. The van der Waals surface area contributed by atoms with Crippen LogP contribution in [0.4, 0.5) is 0 Å². The summed E-state index contributed by atoms with van der Waals surface area (Å²) >= 11 is 0. The Kier molecular flexibility index (Phi) is 10.6. The second-order valence-corrected chi connectivity index (χ2v) is 19.4. The average Bonchev–Trinajstić information content (AvgIpc) is 3.87. The van der Waals surface area contributed by atoms with E-state index in [-0.39, 0.29) is 0 Å². The number of hydrogen-bond acceptors (Lipinski definition) is 4. The highest BCUT2D eigenvalue weighted by Gasteiger charge is 2.25. The number of aromatic nitrogens is 4. The molecule has 0 bridgehead atoms. The molecule has 0 atom stereocenters. The van der Waals surface area contributed by atoms with Crippen molar-refractivity contribution < 1.29 is 4.42 Å². The van der Waals surface area contributed by atoms with Crippen molar-refractivity contribution in [2.24, 2.45) is 0 Å². The number of rotatable bonds is 5. The van der Waals surface area contributed by atoms with Crippen molar-refractivity contribution in [3.8, 4) is 51.0 Å². The number of nitrogens with zero attached hydrogens (tertiary/aromatic N) is 4. The van der Waals surface area contributed by atoms with Gasteiger partial charge in [-0.1, -0.05) is 103 Å². The van der Waals surface area contributed by atoms with Crippen LogP contribution in [0.1, 0.15) is 0 Å².